The maximum Gasteiger partial charge on any atom is 0.166 e. The van der Waals surface area contributed by atoms with Crippen molar-refractivity contribution in [3.05, 3.63) is 53.5 Å². The van der Waals surface area contributed by atoms with Crippen LogP contribution in [0.1, 0.15) is 11.1 Å². The number of aryl methyl sites for hydroxylation is 1. The highest BCUT2D eigenvalue weighted by Crippen LogP contribution is 2.36. The lowest BCUT2D eigenvalue weighted by Gasteiger charge is -2.13. The summed E-state index contributed by atoms with van der Waals surface area (Å²) in [6.45, 7) is 2.27. The summed E-state index contributed by atoms with van der Waals surface area (Å²) in [5, 5.41) is 19.9. The van der Waals surface area contributed by atoms with Crippen molar-refractivity contribution in [2.75, 3.05) is 20.3 Å². The van der Waals surface area contributed by atoms with Crippen LogP contribution in [0.3, 0.4) is 0 Å². The summed E-state index contributed by atoms with van der Waals surface area (Å²) in [4.78, 5) is 4.24. The number of benzene rings is 2. The second-order valence-electron chi connectivity index (χ2n) is 5.77. The molecule has 3 rings (SSSR count). The van der Waals surface area contributed by atoms with E-state index in [-0.39, 0.29) is 17.1 Å². The van der Waals surface area contributed by atoms with Crippen molar-refractivity contribution in [1.29, 1.82) is 5.26 Å². The molecule has 0 unspecified atom stereocenters. The molecule has 7 heteroatoms. The number of pyridine rings is 1. The molecule has 0 atom stereocenters. The van der Waals surface area contributed by atoms with Crippen LogP contribution in [0.5, 0.6) is 23.0 Å². The fourth-order valence-electron chi connectivity index (χ4n) is 2.57. The number of hydrogen-bond acceptors (Lipinski definition) is 6. The maximum atomic E-state index is 14.2. The van der Waals surface area contributed by atoms with Gasteiger partial charge in [-0.15, -0.1) is 0 Å². The van der Waals surface area contributed by atoms with Gasteiger partial charge in [-0.1, -0.05) is 0 Å². The molecule has 0 amide bonds. The Bertz CT molecular complexity index is 1030. The van der Waals surface area contributed by atoms with Crippen LogP contribution >= 0.6 is 0 Å². The van der Waals surface area contributed by atoms with E-state index in [1.807, 2.05) is 0 Å². The second-order valence-corrected chi connectivity index (χ2v) is 5.77. The lowest BCUT2D eigenvalue weighted by atomic mass is 10.1. The van der Waals surface area contributed by atoms with E-state index in [9.17, 15) is 14.8 Å². The molecule has 0 fully saturated rings. The van der Waals surface area contributed by atoms with Gasteiger partial charge in [0.2, 0.25) is 0 Å². The highest BCUT2D eigenvalue weighted by molar-refractivity contribution is 5.91. The molecule has 0 aliphatic carbocycles. The number of hydrogen-bond donors (Lipinski definition) is 1. The number of nitriles is 1. The Labute approximate surface area is 155 Å². The van der Waals surface area contributed by atoms with E-state index in [0.717, 1.165) is 0 Å². The highest BCUT2D eigenvalue weighted by atomic mass is 19.1. The van der Waals surface area contributed by atoms with Crippen molar-refractivity contribution >= 4 is 10.9 Å². The third-order valence-electron chi connectivity index (χ3n) is 3.96. The number of rotatable bonds is 6. The summed E-state index contributed by atoms with van der Waals surface area (Å²) in [6, 6.07) is 9.37. The second kappa shape index (κ2) is 7.89. The summed E-state index contributed by atoms with van der Waals surface area (Å²) in [5.41, 5.74) is 1.03. The molecule has 3 aromatic rings. The number of methoxy groups -OCH3 is 1. The first-order chi connectivity index (χ1) is 13.0. The standard InChI is InChI=1S/C20H17FN2O4/c1-12-9-15(21)19(10-16(12)24)27-18-5-6-23-20-13(18)3-4-17(14(20)11-22)26-8-7-25-2/h3-6,9-10,24H,7-8H2,1-2H3. The van der Waals surface area contributed by atoms with Crippen LogP contribution in [0.4, 0.5) is 4.39 Å². The fraction of sp³-hybridized carbons (Fsp3) is 0.200. The van der Waals surface area contributed by atoms with E-state index in [2.05, 4.69) is 11.1 Å². The smallest absolute Gasteiger partial charge is 0.166 e. The van der Waals surface area contributed by atoms with Gasteiger partial charge in [0, 0.05) is 24.8 Å². The van der Waals surface area contributed by atoms with Gasteiger partial charge in [0.15, 0.2) is 11.6 Å². The van der Waals surface area contributed by atoms with Gasteiger partial charge in [-0.2, -0.15) is 5.26 Å². The zero-order valence-corrected chi connectivity index (χ0v) is 14.8. The van der Waals surface area contributed by atoms with Crippen LogP contribution in [0, 0.1) is 24.1 Å². The van der Waals surface area contributed by atoms with Gasteiger partial charge in [0.1, 0.15) is 35.5 Å². The predicted molar refractivity (Wildman–Crippen MR) is 96.7 cm³/mol. The minimum atomic E-state index is -0.602. The van der Waals surface area contributed by atoms with Gasteiger partial charge in [0.05, 0.1) is 12.1 Å². The van der Waals surface area contributed by atoms with Crippen LogP contribution in [0.15, 0.2) is 36.5 Å². The van der Waals surface area contributed by atoms with Crippen LogP contribution in [0.2, 0.25) is 0 Å². The van der Waals surface area contributed by atoms with Gasteiger partial charge >= 0.3 is 0 Å². The number of fused-ring (bicyclic) bond motifs is 1. The van der Waals surface area contributed by atoms with E-state index in [0.29, 0.717) is 41.2 Å². The van der Waals surface area contributed by atoms with Crippen molar-refractivity contribution in [1.82, 2.24) is 4.98 Å². The lowest BCUT2D eigenvalue weighted by Crippen LogP contribution is -2.05. The van der Waals surface area contributed by atoms with Crippen molar-refractivity contribution < 1.29 is 23.7 Å². The quantitative estimate of drug-likeness (QED) is 0.660. The van der Waals surface area contributed by atoms with Crippen LogP contribution < -0.4 is 9.47 Å². The van der Waals surface area contributed by atoms with Gasteiger partial charge in [-0.05, 0) is 36.8 Å². The zero-order chi connectivity index (χ0) is 19.4. The molecule has 1 N–H and O–H groups in total. The van der Waals surface area contributed by atoms with E-state index >= 15 is 0 Å². The molecule has 6 nitrogen and oxygen atoms in total. The van der Waals surface area contributed by atoms with Crippen molar-refractivity contribution in [3.8, 4) is 29.1 Å². The first kappa shape index (κ1) is 18.4. The SMILES string of the molecule is COCCOc1ccc2c(Oc3cc(O)c(C)cc3F)ccnc2c1C#N. The Morgan fingerprint density at radius 1 is 1.15 bits per heavy atom. The van der Waals surface area contributed by atoms with Crippen LogP contribution in [-0.2, 0) is 4.74 Å². The van der Waals surface area contributed by atoms with E-state index in [1.165, 1.54) is 18.3 Å². The molecule has 0 aliphatic heterocycles. The summed E-state index contributed by atoms with van der Waals surface area (Å²) >= 11 is 0. The van der Waals surface area contributed by atoms with Gasteiger partial charge < -0.3 is 19.3 Å². The van der Waals surface area contributed by atoms with Gasteiger partial charge in [-0.3, -0.25) is 4.98 Å². The normalized spacial score (nSPS) is 10.6. The number of aromatic nitrogens is 1. The molecule has 27 heavy (non-hydrogen) atoms. The summed E-state index contributed by atoms with van der Waals surface area (Å²) in [5.74, 6) is -0.107. The summed E-state index contributed by atoms with van der Waals surface area (Å²) < 4.78 is 30.3. The summed E-state index contributed by atoms with van der Waals surface area (Å²) in [6.07, 6.45) is 1.46. The molecule has 2 aromatic carbocycles. The first-order valence-electron chi connectivity index (χ1n) is 8.15. The van der Waals surface area contributed by atoms with Crippen LogP contribution in [-0.4, -0.2) is 30.4 Å². The molecule has 0 saturated heterocycles. The van der Waals surface area contributed by atoms with Crippen molar-refractivity contribution in [2.45, 2.75) is 6.92 Å². The molecular formula is C20H17FN2O4. The Balaban J connectivity index is 2.03. The van der Waals surface area contributed by atoms with Crippen molar-refractivity contribution in [3.63, 3.8) is 0 Å². The fourth-order valence-corrected chi connectivity index (χ4v) is 2.57. The van der Waals surface area contributed by atoms with E-state index in [4.69, 9.17) is 14.2 Å². The number of phenols is 1. The maximum absolute atomic E-state index is 14.2. The topological polar surface area (TPSA) is 84.6 Å². The van der Waals surface area contributed by atoms with Crippen molar-refractivity contribution in [2.24, 2.45) is 0 Å². The third-order valence-corrected chi connectivity index (χ3v) is 3.96. The molecule has 138 valence electrons. The molecule has 1 heterocycles. The van der Waals surface area contributed by atoms with E-state index < -0.39 is 5.82 Å². The average molecular weight is 368 g/mol. The molecule has 0 bridgehead atoms. The zero-order valence-electron chi connectivity index (χ0n) is 14.8. The number of phenolic OH excluding ortho intramolecular Hbond substituents is 1. The highest BCUT2D eigenvalue weighted by Gasteiger charge is 2.15. The molecule has 0 radical (unpaired) electrons. The average Bonchev–Trinajstić information content (AvgIpc) is 2.66. The Hall–Kier alpha value is -3.37. The molecule has 0 aliphatic rings. The van der Waals surface area contributed by atoms with Gasteiger partial charge in [-0.25, -0.2) is 4.39 Å². The molecule has 0 saturated carbocycles. The first-order valence-corrected chi connectivity index (χ1v) is 8.15. The minimum Gasteiger partial charge on any atom is -0.508 e. The Morgan fingerprint density at radius 2 is 1.96 bits per heavy atom. The lowest BCUT2D eigenvalue weighted by molar-refractivity contribution is 0.146. The number of ether oxygens (including phenoxy) is 3. The molecular weight excluding hydrogens is 351 g/mol. The largest absolute Gasteiger partial charge is 0.508 e. The third kappa shape index (κ3) is 3.76. The molecule has 1 aromatic heterocycles. The predicted octanol–water partition coefficient (Wildman–Crippen LogP) is 4.08. The molecule has 0 spiro atoms. The number of aromatic hydroxyl groups is 1. The minimum absolute atomic E-state index is 0.0729. The Morgan fingerprint density at radius 3 is 2.70 bits per heavy atom. The summed E-state index contributed by atoms with van der Waals surface area (Å²) in [7, 11) is 1.56. The number of halogens is 1. The van der Waals surface area contributed by atoms with Crippen LogP contribution in [0.25, 0.3) is 10.9 Å². The monoisotopic (exact) mass is 368 g/mol. The Kier molecular flexibility index (Phi) is 5.38. The van der Waals surface area contributed by atoms with Gasteiger partial charge in [0.25, 0.3) is 0 Å². The van der Waals surface area contributed by atoms with E-state index in [1.54, 1.807) is 32.2 Å². The number of nitrogens with zero attached hydrogens (tertiary/aromatic N) is 2.